The average Bonchev–Trinajstić information content (AvgIpc) is 3.21. The molecule has 1 aromatic carbocycles. The van der Waals surface area contributed by atoms with E-state index in [0.29, 0.717) is 18.1 Å². The molecule has 1 aromatic heterocycles. The smallest absolute Gasteiger partial charge is 0.325 e. The minimum Gasteiger partial charge on any atom is -0.369 e. The number of rotatable bonds is 6. The first-order valence-electron chi connectivity index (χ1n) is 9.37. The summed E-state index contributed by atoms with van der Waals surface area (Å²) in [5.41, 5.74) is 0.178. The summed E-state index contributed by atoms with van der Waals surface area (Å²) < 4.78 is 0. The van der Waals surface area contributed by atoms with Crippen molar-refractivity contribution < 1.29 is 9.59 Å². The number of hydrogen-bond donors (Lipinski definition) is 2. The lowest BCUT2D eigenvalue weighted by Gasteiger charge is -2.20. The van der Waals surface area contributed by atoms with Gasteiger partial charge < -0.3 is 10.6 Å². The van der Waals surface area contributed by atoms with Gasteiger partial charge >= 0.3 is 6.03 Å². The molecule has 7 nitrogen and oxygen atoms in total. The Labute approximate surface area is 162 Å². The second kappa shape index (κ2) is 7.31. The van der Waals surface area contributed by atoms with Crippen LogP contribution in [-0.4, -0.2) is 45.4 Å². The number of halogens is 1. The molecule has 27 heavy (non-hydrogen) atoms. The fourth-order valence-corrected chi connectivity index (χ4v) is 4.14. The maximum atomic E-state index is 12.6. The molecule has 0 radical (unpaired) electrons. The monoisotopic (exact) mass is 387 g/mol. The van der Waals surface area contributed by atoms with Crippen molar-refractivity contribution in [2.45, 2.75) is 44.1 Å². The molecular weight excluding hydrogens is 366 g/mol. The van der Waals surface area contributed by atoms with Crippen LogP contribution in [-0.2, 0) is 4.79 Å². The maximum Gasteiger partial charge on any atom is 0.325 e. The highest BCUT2D eigenvalue weighted by atomic mass is 35.5. The van der Waals surface area contributed by atoms with Crippen molar-refractivity contribution in [2.24, 2.45) is 0 Å². The largest absolute Gasteiger partial charge is 0.369 e. The molecule has 1 saturated carbocycles. The summed E-state index contributed by atoms with van der Waals surface area (Å²) in [5, 5.41) is 7.78. The van der Waals surface area contributed by atoms with Crippen LogP contribution in [0.25, 0.3) is 10.9 Å². The molecule has 1 spiro atoms. The number of benzene rings is 1. The van der Waals surface area contributed by atoms with E-state index >= 15 is 0 Å². The van der Waals surface area contributed by atoms with E-state index in [1.165, 1.54) is 11.2 Å². The van der Waals surface area contributed by atoms with Crippen molar-refractivity contribution in [3.63, 3.8) is 0 Å². The number of fused-ring (bicyclic) bond motifs is 1. The van der Waals surface area contributed by atoms with Crippen molar-refractivity contribution in [1.29, 1.82) is 0 Å². The second-order valence-electron chi connectivity index (χ2n) is 7.19. The predicted octanol–water partition coefficient (Wildman–Crippen LogP) is 3.34. The number of nitrogens with one attached hydrogen (secondary N) is 2. The van der Waals surface area contributed by atoms with Crippen molar-refractivity contribution >= 4 is 40.3 Å². The molecule has 2 aromatic rings. The van der Waals surface area contributed by atoms with Gasteiger partial charge in [0.15, 0.2) is 0 Å². The number of urea groups is 1. The van der Waals surface area contributed by atoms with E-state index < -0.39 is 5.54 Å². The number of carbonyl (C=O) groups is 2. The Kier molecular flexibility index (Phi) is 4.86. The topological polar surface area (TPSA) is 87.2 Å². The standard InChI is InChI=1S/C19H22ClN5O2/c20-13-5-6-14-15(11-13)22-12-23-16(14)21-9-3-4-10-25-17(26)19(24-18(25)27)7-1-2-8-19/h5-6,11-12H,1-4,7-10H2,(H,24,27)(H,21,22,23). The molecule has 0 unspecified atom stereocenters. The van der Waals surface area contributed by atoms with Crippen LogP contribution in [0.3, 0.4) is 0 Å². The zero-order chi connectivity index (χ0) is 18.9. The molecular formula is C19H22ClN5O2. The first kappa shape index (κ1) is 18.0. The van der Waals surface area contributed by atoms with Crippen LogP contribution >= 0.6 is 11.6 Å². The maximum absolute atomic E-state index is 12.6. The normalized spacial score (nSPS) is 18.5. The van der Waals surface area contributed by atoms with Crippen LogP contribution in [0.1, 0.15) is 38.5 Å². The molecule has 1 saturated heterocycles. The van der Waals surface area contributed by atoms with Gasteiger partial charge in [-0.2, -0.15) is 0 Å². The van der Waals surface area contributed by atoms with Crippen LogP contribution < -0.4 is 10.6 Å². The van der Waals surface area contributed by atoms with E-state index in [0.717, 1.165) is 55.2 Å². The van der Waals surface area contributed by atoms with Gasteiger partial charge in [-0.05, 0) is 43.9 Å². The second-order valence-corrected chi connectivity index (χ2v) is 7.63. The van der Waals surface area contributed by atoms with E-state index in [-0.39, 0.29) is 11.9 Å². The van der Waals surface area contributed by atoms with Gasteiger partial charge in [-0.25, -0.2) is 14.8 Å². The van der Waals surface area contributed by atoms with Crippen LogP contribution in [0.2, 0.25) is 5.02 Å². The number of carbonyl (C=O) groups excluding carboxylic acids is 2. The van der Waals surface area contributed by atoms with E-state index in [4.69, 9.17) is 11.6 Å². The third-order valence-electron chi connectivity index (χ3n) is 5.40. The quantitative estimate of drug-likeness (QED) is 0.586. The molecule has 0 atom stereocenters. The number of hydrogen-bond acceptors (Lipinski definition) is 5. The predicted molar refractivity (Wildman–Crippen MR) is 104 cm³/mol. The fraction of sp³-hybridized carbons (Fsp3) is 0.474. The van der Waals surface area contributed by atoms with Crippen LogP contribution in [0.4, 0.5) is 10.6 Å². The highest BCUT2D eigenvalue weighted by molar-refractivity contribution is 6.31. The van der Waals surface area contributed by atoms with Gasteiger partial charge in [0.25, 0.3) is 5.91 Å². The Bertz CT molecular complexity index is 882. The van der Waals surface area contributed by atoms with Crippen molar-refractivity contribution in [1.82, 2.24) is 20.2 Å². The number of anilines is 1. The lowest BCUT2D eigenvalue weighted by Crippen LogP contribution is -2.44. The highest BCUT2D eigenvalue weighted by Crippen LogP contribution is 2.35. The lowest BCUT2D eigenvalue weighted by molar-refractivity contribution is -0.131. The summed E-state index contributed by atoms with van der Waals surface area (Å²) in [4.78, 5) is 34.7. The number of amides is 3. The number of nitrogens with zero attached hydrogens (tertiary/aromatic N) is 3. The number of imide groups is 1. The average molecular weight is 388 g/mol. The van der Waals surface area contributed by atoms with Crippen LogP contribution in [0.15, 0.2) is 24.5 Å². The Morgan fingerprint density at radius 2 is 2.00 bits per heavy atom. The van der Waals surface area contributed by atoms with Gasteiger partial charge in [-0.3, -0.25) is 9.69 Å². The summed E-state index contributed by atoms with van der Waals surface area (Å²) in [7, 11) is 0. The van der Waals surface area contributed by atoms with Gasteiger partial charge in [0.2, 0.25) is 0 Å². The minimum absolute atomic E-state index is 0.0448. The molecule has 1 aliphatic carbocycles. The van der Waals surface area contributed by atoms with Crippen LogP contribution in [0.5, 0.6) is 0 Å². The van der Waals surface area contributed by atoms with E-state index in [1.807, 2.05) is 12.1 Å². The zero-order valence-corrected chi connectivity index (χ0v) is 15.8. The first-order chi connectivity index (χ1) is 13.1. The molecule has 0 bridgehead atoms. The molecule has 2 heterocycles. The summed E-state index contributed by atoms with van der Waals surface area (Å²) in [6.07, 6.45) is 6.61. The summed E-state index contributed by atoms with van der Waals surface area (Å²) >= 11 is 6.00. The van der Waals surface area contributed by atoms with Gasteiger partial charge in [0.1, 0.15) is 17.7 Å². The first-order valence-corrected chi connectivity index (χ1v) is 9.75. The Hall–Kier alpha value is -2.41. The molecule has 8 heteroatoms. The van der Waals surface area contributed by atoms with Gasteiger partial charge in [0, 0.05) is 23.5 Å². The third kappa shape index (κ3) is 3.43. The van der Waals surface area contributed by atoms with E-state index in [9.17, 15) is 9.59 Å². The van der Waals surface area contributed by atoms with Crippen molar-refractivity contribution in [3.05, 3.63) is 29.5 Å². The fourth-order valence-electron chi connectivity index (χ4n) is 3.97. The number of aromatic nitrogens is 2. The third-order valence-corrected chi connectivity index (χ3v) is 5.64. The van der Waals surface area contributed by atoms with Gasteiger partial charge in [-0.1, -0.05) is 24.4 Å². The molecule has 2 N–H and O–H groups in total. The van der Waals surface area contributed by atoms with Crippen molar-refractivity contribution in [2.75, 3.05) is 18.4 Å². The SMILES string of the molecule is O=C1NC2(CCCC2)C(=O)N1CCCCNc1ncnc2cc(Cl)ccc12. The van der Waals surface area contributed by atoms with E-state index in [1.54, 1.807) is 6.07 Å². The minimum atomic E-state index is -0.615. The molecule has 2 aliphatic rings. The molecule has 142 valence electrons. The molecule has 3 amide bonds. The molecule has 2 fully saturated rings. The zero-order valence-electron chi connectivity index (χ0n) is 15.0. The lowest BCUT2D eigenvalue weighted by atomic mass is 9.98. The summed E-state index contributed by atoms with van der Waals surface area (Å²) in [5.74, 6) is 0.716. The highest BCUT2D eigenvalue weighted by Gasteiger charge is 2.51. The van der Waals surface area contributed by atoms with E-state index in [2.05, 4.69) is 20.6 Å². The molecule has 1 aliphatic heterocycles. The number of unbranched alkanes of at least 4 members (excludes halogenated alkanes) is 1. The Morgan fingerprint density at radius 1 is 1.19 bits per heavy atom. The van der Waals surface area contributed by atoms with Crippen LogP contribution in [0, 0.1) is 0 Å². The van der Waals surface area contributed by atoms with Gasteiger partial charge in [0.05, 0.1) is 5.52 Å². The Morgan fingerprint density at radius 3 is 2.81 bits per heavy atom. The summed E-state index contributed by atoms with van der Waals surface area (Å²) in [6.45, 7) is 1.15. The Balaban J connectivity index is 1.29. The molecule has 4 rings (SSSR count). The van der Waals surface area contributed by atoms with Gasteiger partial charge in [-0.15, -0.1) is 0 Å². The summed E-state index contributed by atoms with van der Waals surface area (Å²) in [6, 6.07) is 5.28. The van der Waals surface area contributed by atoms with Crippen molar-refractivity contribution in [3.8, 4) is 0 Å².